The van der Waals surface area contributed by atoms with Crippen LogP contribution in [0.2, 0.25) is 0 Å². The molecule has 0 aromatic heterocycles. The van der Waals surface area contributed by atoms with Crippen molar-refractivity contribution in [1.29, 1.82) is 0 Å². The van der Waals surface area contributed by atoms with Crippen molar-refractivity contribution in [3.63, 3.8) is 0 Å². The van der Waals surface area contributed by atoms with Crippen molar-refractivity contribution in [2.45, 2.75) is 0 Å². The molecule has 0 aliphatic carbocycles. The fourth-order valence-electron chi connectivity index (χ4n) is 4.95. The summed E-state index contributed by atoms with van der Waals surface area (Å²) in [7, 11) is -1.26. The molecule has 40 heavy (non-hydrogen) atoms. The molecule has 0 fully saturated rings. The minimum Gasteiger partial charge on any atom is -0.0643 e. The Morgan fingerprint density at radius 1 is 0.200 bits per heavy atom. The standard InChI is InChI=1S/2C18H18Si2/c1-3-8-15(9-4-1)19-17-12-7-13-18(14-17)20-16-10-5-2-6-11-16;1-3-7-15(8-4-1)19-17-11-13-18(14-12-17)20-16-9-5-2-6-10-16/h2*1-14H,19-20H2. The largest absolute Gasteiger partial charge is 0.0875 e. The molecule has 0 heterocycles. The Morgan fingerprint density at radius 3 is 0.725 bits per heavy atom. The lowest BCUT2D eigenvalue weighted by Crippen LogP contribution is -2.33. The van der Waals surface area contributed by atoms with Crippen molar-refractivity contribution < 1.29 is 0 Å². The van der Waals surface area contributed by atoms with E-state index in [1.54, 1.807) is 10.4 Å². The summed E-state index contributed by atoms with van der Waals surface area (Å²) in [4.78, 5) is 0. The molecule has 0 atom stereocenters. The summed E-state index contributed by atoms with van der Waals surface area (Å²) in [5, 5.41) is 12.2. The van der Waals surface area contributed by atoms with Crippen LogP contribution < -0.4 is 41.5 Å². The van der Waals surface area contributed by atoms with Crippen molar-refractivity contribution in [2.24, 2.45) is 0 Å². The molecule has 0 nitrogen and oxygen atoms in total. The molecule has 0 N–H and O–H groups in total. The van der Waals surface area contributed by atoms with Crippen LogP contribution in [-0.4, -0.2) is 38.1 Å². The van der Waals surface area contributed by atoms with Gasteiger partial charge in [-0.15, -0.1) is 0 Å². The van der Waals surface area contributed by atoms with Gasteiger partial charge in [0.1, 0.15) is 0 Å². The predicted octanol–water partition coefficient (Wildman–Crippen LogP) is -0.148. The average molecular weight is 581 g/mol. The summed E-state index contributed by atoms with van der Waals surface area (Å²) < 4.78 is 0. The highest BCUT2D eigenvalue weighted by molar-refractivity contribution is 6.71. The molecule has 0 saturated carbocycles. The summed E-state index contributed by atoms with van der Waals surface area (Å²) in [6.07, 6.45) is 0. The van der Waals surface area contributed by atoms with E-state index in [4.69, 9.17) is 0 Å². The number of benzene rings is 6. The van der Waals surface area contributed by atoms with Gasteiger partial charge in [-0.05, 0) is 0 Å². The topological polar surface area (TPSA) is 0 Å². The average Bonchev–Trinajstić information content (AvgIpc) is 3.01. The molecule has 0 saturated heterocycles. The van der Waals surface area contributed by atoms with Crippen LogP contribution in [0.1, 0.15) is 0 Å². The second-order valence-electron chi connectivity index (χ2n) is 10.3. The van der Waals surface area contributed by atoms with Crippen molar-refractivity contribution in [1.82, 2.24) is 0 Å². The quantitative estimate of drug-likeness (QED) is 0.220. The zero-order valence-electron chi connectivity index (χ0n) is 23.0. The van der Waals surface area contributed by atoms with E-state index < -0.39 is 0 Å². The Labute approximate surface area is 248 Å². The van der Waals surface area contributed by atoms with Gasteiger partial charge in [-0.25, -0.2) is 0 Å². The number of hydrogen-bond acceptors (Lipinski definition) is 0. The van der Waals surface area contributed by atoms with Crippen LogP contribution in [0.4, 0.5) is 0 Å². The maximum atomic E-state index is 2.44. The second-order valence-corrected chi connectivity index (χ2v) is 18.2. The highest BCUT2D eigenvalue weighted by Crippen LogP contribution is 1.88. The summed E-state index contributed by atoms with van der Waals surface area (Å²) in [5.74, 6) is 0. The fourth-order valence-corrected chi connectivity index (χ4v) is 11.3. The maximum Gasteiger partial charge on any atom is 0.0875 e. The number of hydrogen-bond donors (Lipinski definition) is 0. The second kappa shape index (κ2) is 15.1. The third kappa shape index (κ3) is 9.14. The van der Waals surface area contributed by atoms with Crippen molar-refractivity contribution in [3.8, 4) is 0 Å². The van der Waals surface area contributed by atoms with E-state index >= 15 is 0 Å². The first-order valence-corrected chi connectivity index (χ1v) is 19.8. The van der Waals surface area contributed by atoms with Crippen LogP contribution in [0.5, 0.6) is 0 Å². The lowest BCUT2D eigenvalue weighted by Gasteiger charge is -2.05. The molecule has 0 unspecified atom stereocenters. The van der Waals surface area contributed by atoms with Crippen molar-refractivity contribution in [2.75, 3.05) is 0 Å². The lowest BCUT2D eigenvalue weighted by molar-refractivity contribution is 1.75. The molecule has 4 heteroatoms. The zero-order chi connectivity index (χ0) is 27.2. The Hall–Kier alpha value is -3.81. The molecular weight excluding hydrogens is 545 g/mol. The van der Waals surface area contributed by atoms with E-state index in [2.05, 4.69) is 170 Å². The third-order valence-corrected chi connectivity index (χ3v) is 14.0. The molecule has 196 valence electrons. The molecule has 0 bridgehead atoms. The van der Waals surface area contributed by atoms with Crippen molar-refractivity contribution >= 4 is 79.6 Å². The minimum atomic E-state index is -0.322. The van der Waals surface area contributed by atoms with Gasteiger partial charge in [0.05, 0.1) is 38.1 Å². The van der Waals surface area contributed by atoms with E-state index in [1.165, 1.54) is 31.1 Å². The number of rotatable bonds is 8. The van der Waals surface area contributed by atoms with Gasteiger partial charge in [0.2, 0.25) is 0 Å². The highest BCUT2D eigenvalue weighted by Gasteiger charge is 2.01. The van der Waals surface area contributed by atoms with Gasteiger partial charge in [-0.3, -0.25) is 0 Å². The SMILES string of the molecule is c1ccc([SiH2]c2ccc([SiH2]c3ccccc3)cc2)cc1.c1ccc([SiH2]c2cccc([SiH2]c3ccccc3)c2)cc1. The molecule has 0 spiro atoms. The summed E-state index contributed by atoms with van der Waals surface area (Å²) >= 11 is 0. The Bertz CT molecular complexity index is 1440. The van der Waals surface area contributed by atoms with Gasteiger partial charge in [-0.2, -0.15) is 0 Å². The van der Waals surface area contributed by atoms with Crippen LogP contribution in [0.25, 0.3) is 0 Å². The first-order chi connectivity index (χ1) is 19.8. The first-order valence-electron chi connectivity index (χ1n) is 14.1. The highest BCUT2D eigenvalue weighted by atomic mass is 28.2. The third-order valence-electron chi connectivity index (χ3n) is 7.02. The smallest absolute Gasteiger partial charge is 0.0643 e. The van der Waals surface area contributed by atoms with Gasteiger partial charge >= 0.3 is 0 Å². The molecule has 0 aliphatic heterocycles. The van der Waals surface area contributed by atoms with E-state index in [0.29, 0.717) is 0 Å². The van der Waals surface area contributed by atoms with E-state index in [-0.39, 0.29) is 38.1 Å². The molecule has 6 aromatic rings. The normalized spacial score (nSPS) is 11.6. The van der Waals surface area contributed by atoms with Crippen LogP contribution in [0.15, 0.2) is 170 Å². The molecule has 0 amide bonds. The predicted molar refractivity (Wildman–Crippen MR) is 190 cm³/mol. The maximum absolute atomic E-state index is 2.44. The van der Waals surface area contributed by atoms with Gasteiger partial charge in [0, 0.05) is 0 Å². The van der Waals surface area contributed by atoms with Crippen LogP contribution in [0.3, 0.4) is 0 Å². The van der Waals surface area contributed by atoms with E-state index in [1.807, 2.05) is 0 Å². The summed E-state index contributed by atoms with van der Waals surface area (Å²) in [6.45, 7) is 0. The monoisotopic (exact) mass is 580 g/mol. The van der Waals surface area contributed by atoms with Crippen LogP contribution in [0, 0.1) is 0 Å². The van der Waals surface area contributed by atoms with E-state index in [9.17, 15) is 0 Å². The molecule has 0 radical (unpaired) electrons. The zero-order valence-corrected chi connectivity index (χ0v) is 28.7. The Balaban J connectivity index is 0.000000161. The Morgan fingerprint density at radius 2 is 0.425 bits per heavy atom. The fraction of sp³-hybridized carbons (Fsp3) is 0. The van der Waals surface area contributed by atoms with Crippen molar-refractivity contribution in [3.05, 3.63) is 170 Å². The van der Waals surface area contributed by atoms with Gasteiger partial charge < -0.3 is 0 Å². The minimum absolute atomic E-state index is 0.305. The van der Waals surface area contributed by atoms with Crippen LogP contribution in [-0.2, 0) is 0 Å². The first kappa shape index (κ1) is 27.7. The van der Waals surface area contributed by atoms with Gasteiger partial charge in [0.15, 0.2) is 0 Å². The summed E-state index contributed by atoms with van der Waals surface area (Å²) in [5.41, 5.74) is 0. The molecule has 6 aromatic carbocycles. The van der Waals surface area contributed by atoms with E-state index in [0.717, 1.165) is 0 Å². The van der Waals surface area contributed by atoms with Gasteiger partial charge in [-0.1, -0.05) is 211 Å². The Kier molecular flexibility index (Phi) is 10.5. The molecule has 6 rings (SSSR count). The molecule has 0 aliphatic rings. The molecular formula is C36H36Si4. The van der Waals surface area contributed by atoms with Gasteiger partial charge in [0.25, 0.3) is 0 Å². The summed E-state index contributed by atoms with van der Waals surface area (Å²) in [6, 6.07) is 62.1. The lowest BCUT2D eigenvalue weighted by atomic mass is 10.3. The van der Waals surface area contributed by atoms with Crippen LogP contribution >= 0.6 is 0 Å².